The highest BCUT2D eigenvalue weighted by molar-refractivity contribution is 7.89. The molecule has 9 heteroatoms. The maximum atomic E-state index is 12.8. The highest BCUT2D eigenvalue weighted by atomic mass is 35.5. The van der Waals surface area contributed by atoms with Gasteiger partial charge in [0.15, 0.2) is 0 Å². The Morgan fingerprint density at radius 2 is 1.60 bits per heavy atom. The van der Waals surface area contributed by atoms with Crippen molar-refractivity contribution in [3.05, 3.63) is 52.3 Å². The van der Waals surface area contributed by atoms with Crippen molar-refractivity contribution in [2.75, 3.05) is 26.2 Å². The van der Waals surface area contributed by atoms with Gasteiger partial charge >= 0.3 is 0 Å². The van der Waals surface area contributed by atoms with Gasteiger partial charge in [0.05, 0.1) is 10.0 Å². The molecule has 2 aromatic rings. The van der Waals surface area contributed by atoms with Gasteiger partial charge in [0.25, 0.3) is 5.91 Å². The fourth-order valence-corrected chi connectivity index (χ4v) is 5.35. The monoisotopic (exact) mass is 401 g/mol. The molecule has 0 radical (unpaired) electrons. The lowest BCUT2D eigenvalue weighted by atomic mass is 10.3. The van der Waals surface area contributed by atoms with Gasteiger partial charge in [-0.1, -0.05) is 29.3 Å². The molecule has 134 valence electrons. The van der Waals surface area contributed by atoms with E-state index in [9.17, 15) is 13.2 Å². The summed E-state index contributed by atoms with van der Waals surface area (Å²) in [5.74, 6) is -0.111. The molecule has 1 aliphatic rings. The molecule has 1 fully saturated rings. The number of hydrogen-bond donors (Lipinski definition) is 0. The molecule has 0 saturated carbocycles. The molecule has 1 aliphatic heterocycles. The molecule has 0 spiro atoms. The van der Waals surface area contributed by atoms with Gasteiger partial charge in [0.2, 0.25) is 10.0 Å². The number of carbonyl (C=O) groups is 1. The van der Waals surface area contributed by atoms with Crippen LogP contribution in [0.15, 0.2) is 41.4 Å². The molecule has 1 aromatic carbocycles. The fourth-order valence-electron chi connectivity index (χ4n) is 2.83. The first-order valence-electron chi connectivity index (χ1n) is 7.67. The molecule has 25 heavy (non-hydrogen) atoms. The Balaban J connectivity index is 1.76. The summed E-state index contributed by atoms with van der Waals surface area (Å²) in [6.07, 6.45) is 1.80. The summed E-state index contributed by atoms with van der Waals surface area (Å²) in [5.41, 5.74) is 0.574. The van der Waals surface area contributed by atoms with Crippen LogP contribution in [0.25, 0.3) is 0 Å². The molecule has 0 aliphatic carbocycles. The minimum Gasteiger partial charge on any atom is -0.347 e. The van der Waals surface area contributed by atoms with E-state index in [0.717, 1.165) is 0 Å². The molecule has 0 N–H and O–H groups in total. The second kappa shape index (κ2) is 6.99. The highest BCUT2D eigenvalue weighted by Gasteiger charge is 2.33. The van der Waals surface area contributed by atoms with Crippen LogP contribution in [0, 0.1) is 0 Å². The Bertz CT molecular complexity index is 883. The van der Waals surface area contributed by atoms with Crippen LogP contribution in [0.4, 0.5) is 0 Å². The van der Waals surface area contributed by atoms with Crippen molar-refractivity contribution < 1.29 is 13.2 Å². The predicted octanol–water partition coefficient (Wildman–Crippen LogP) is 2.48. The highest BCUT2D eigenvalue weighted by Crippen LogP contribution is 2.31. The van der Waals surface area contributed by atoms with Gasteiger partial charge in [-0.15, -0.1) is 0 Å². The molecule has 0 unspecified atom stereocenters. The van der Waals surface area contributed by atoms with Crippen molar-refractivity contribution in [2.45, 2.75) is 4.90 Å². The van der Waals surface area contributed by atoms with E-state index in [0.29, 0.717) is 18.8 Å². The predicted molar refractivity (Wildman–Crippen MR) is 96.5 cm³/mol. The molecule has 1 amide bonds. The van der Waals surface area contributed by atoms with Crippen molar-refractivity contribution in [3.8, 4) is 0 Å². The van der Waals surface area contributed by atoms with Gasteiger partial charge in [0.1, 0.15) is 10.6 Å². The maximum absolute atomic E-state index is 12.8. The first kappa shape index (κ1) is 18.3. The van der Waals surface area contributed by atoms with E-state index in [-0.39, 0.29) is 33.9 Å². The molecule has 3 rings (SSSR count). The number of hydrogen-bond acceptors (Lipinski definition) is 3. The van der Waals surface area contributed by atoms with Crippen LogP contribution in [-0.4, -0.2) is 54.3 Å². The number of sulfonamides is 1. The van der Waals surface area contributed by atoms with Gasteiger partial charge in [-0.3, -0.25) is 4.79 Å². The first-order chi connectivity index (χ1) is 11.8. The van der Waals surface area contributed by atoms with Crippen molar-refractivity contribution in [1.82, 2.24) is 13.8 Å². The Morgan fingerprint density at radius 3 is 2.12 bits per heavy atom. The number of aryl methyl sites for hydroxylation is 1. The zero-order chi connectivity index (χ0) is 18.2. The molecule has 0 atom stereocenters. The van der Waals surface area contributed by atoms with Crippen LogP contribution in [0.3, 0.4) is 0 Å². The van der Waals surface area contributed by atoms with Gasteiger partial charge < -0.3 is 9.47 Å². The topological polar surface area (TPSA) is 62.6 Å². The zero-order valence-electron chi connectivity index (χ0n) is 13.5. The maximum Gasteiger partial charge on any atom is 0.270 e. The second-order valence-corrected chi connectivity index (χ2v) is 8.44. The third kappa shape index (κ3) is 3.42. The van der Waals surface area contributed by atoms with E-state index >= 15 is 0 Å². The molecule has 2 heterocycles. The van der Waals surface area contributed by atoms with Crippen LogP contribution in [0.5, 0.6) is 0 Å². The van der Waals surface area contributed by atoms with Crippen molar-refractivity contribution in [1.29, 1.82) is 0 Å². The van der Waals surface area contributed by atoms with Gasteiger partial charge in [-0.05, 0) is 24.3 Å². The van der Waals surface area contributed by atoms with E-state index in [1.165, 1.54) is 16.4 Å². The number of halogens is 2. The summed E-state index contributed by atoms with van der Waals surface area (Å²) >= 11 is 12.1. The summed E-state index contributed by atoms with van der Waals surface area (Å²) in [4.78, 5) is 14.1. The molecule has 1 aromatic heterocycles. The Labute approximate surface area is 156 Å². The van der Waals surface area contributed by atoms with Crippen molar-refractivity contribution in [2.24, 2.45) is 7.05 Å². The largest absolute Gasteiger partial charge is 0.347 e. The third-order valence-corrected chi connectivity index (χ3v) is 7.06. The smallest absolute Gasteiger partial charge is 0.270 e. The van der Waals surface area contributed by atoms with Crippen molar-refractivity contribution in [3.63, 3.8) is 0 Å². The number of aromatic nitrogens is 1. The molecule has 0 bridgehead atoms. The lowest BCUT2D eigenvalue weighted by Gasteiger charge is -2.34. The lowest BCUT2D eigenvalue weighted by Crippen LogP contribution is -2.50. The Morgan fingerprint density at radius 1 is 1.00 bits per heavy atom. The first-order valence-corrected chi connectivity index (χ1v) is 9.87. The minimum atomic E-state index is -3.81. The summed E-state index contributed by atoms with van der Waals surface area (Å²) < 4.78 is 28.7. The van der Waals surface area contributed by atoms with E-state index in [4.69, 9.17) is 23.2 Å². The van der Waals surface area contributed by atoms with Crippen LogP contribution < -0.4 is 0 Å². The molecular weight excluding hydrogens is 385 g/mol. The second-order valence-electron chi connectivity index (χ2n) is 5.75. The number of benzene rings is 1. The normalized spacial score (nSPS) is 16.2. The van der Waals surface area contributed by atoms with E-state index in [1.807, 2.05) is 0 Å². The quantitative estimate of drug-likeness (QED) is 0.793. The van der Waals surface area contributed by atoms with E-state index < -0.39 is 10.0 Å². The molecule has 1 saturated heterocycles. The van der Waals surface area contributed by atoms with Crippen LogP contribution in [0.1, 0.15) is 10.5 Å². The number of amides is 1. The summed E-state index contributed by atoms with van der Waals surface area (Å²) in [6, 6.07) is 8.13. The Kier molecular flexibility index (Phi) is 5.11. The van der Waals surface area contributed by atoms with E-state index in [1.54, 1.807) is 40.9 Å². The van der Waals surface area contributed by atoms with Crippen LogP contribution >= 0.6 is 23.2 Å². The Hall–Kier alpha value is -1.54. The lowest BCUT2D eigenvalue weighted by molar-refractivity contribution is 0.0688. The van der Waals surface area contributed by atoms with E-state index in [2.05, 4.69) is 0 Å². The fraction of sp³-hybridized carbons (Fsp3) is 0.312. The van der Waals surface area contributed by atoms with Gasteiger partial charge in [-0.2, -0.15) is 4.31 Å². The summed E-state index contributed by atoms with van der Waals surface area (Å²) in [7, 11) is -2.01. The summed E-state index contributed by atoms with van der Waals surface area (Å²) in [6.45, 7) is 1.01. The number of carbonyl (C=O) groups excluding carboxylic acids is 1. The average molecular weight is 402 g/mol. The molecule has 6 nitrogen and oxygen atoms in total. The SMILES string of the molecule is Cn1cccc1C(=O)N1CCN(S(=O)(=O)c2c(Cl)cccc2Cl)CC1. The van der Waals surface area contributed by atoms with Crippen LogP contribution in [-0.2, 0) is 17.1 Å². The van der Waals surface area contributed by atoms with Crippen LogP contribution in [0.2, 0.25) is 10.0 Å². The average Bonchev–Trinajstić information content (AvgIpc) is 3.00. The number of nitrogens with zero attached hydrogens (tertiary/aromatic N) is 3. The zero-order valence-corrected chi connectivity index (χ0v) is 15.9. The molecular formula is C16H17Cl2N3O3S. The minimum absolute atomic E-state index is 0.0828. The van der Waals surface area contributed by atoms with Crippen molar-refractivity contribution >= 4 is 39.1 Å². The number of rotatable bonds is 3. The summed E-state index contributed by atoms with van der Waals surface area (Å²) in [5, 5.41) is 0.185. The van der Waals surface area contributed by atoms with Gasteiger partial charge in [0, 0.05) is 39.4 Å². The number of piperazine rings is 1. The van der Waals surface area contributed by atoms with Gasteiger partial charge in [-0.25, -0.2) is 8.42 Å². The standard InChI is InChI=1S/C16H17Cl2N3O3S/c1-19-7-3-6-14(19)16(22)20-8-10-21(11-9-20)25(23,24)15-12(17)4-2-5-13(15)18/h2-7H,8-11H2,1H3. The third-order valence-electron chi connectivity index (χ3n) is 4.21.